The lowest BCUT2D eigenvalue weighted by Gasteiger charge is -2.31. The smallest absolute Gasteiger partial charge is 0.261 e. The third kappa shape index (κ3) is 4.31. The van der Waals surface area contributed by atoms with Crippen LogP contribution in [0.3, 0.4) is 0 Å². The Balaban J connectivity index is 1.56. The van der Waals surface area contributed by atoms with Crippen molar-refractivity contribution < 1.29 is 9.59 Å². The van der Waals surface area contributed by atoms with Crippen LogP contribution in [0.15, 0.2) is 102 Å². The molecular weight excluding hydrogens is 438 g/mol. The molecule has 5 rings (SSSR count). The number of hydrogen-bond donors (Lipinski definition) is 3. The van der Waals surface area contributed by atoms with E-state index in [4.69, 9.17) is 0 Å². The Hall–Kier alpha value is -4.65. The van der Waals surface area contributed by atoms with Crippen LogP contribution in [-0.4, -0.2) is 21.6 Å². The minimum absolute atomic E-state index is 0.231. The van der Waals surface area contributed by atoms with Gasteiger partial charge in [0.1, 0.15) is 17.4 Å². The monoisotopic (exact) mass is 463 g/mol. The number of para-hydroxylation sites is 2. The van der Waals surface area contributed by atoms with Crippen LogP contribution in [0.2, 0.25) is 0 Å². The third-order valence-corrected chi connectivity index (χ3v) is 6.06. The van der Waals surface area contributed by atoms with Crippen molar-refractivity contribution in [2.24, 2.45) is 0 Å². The van der Waals surface area contributed by atoms with E-state index in [1.54, 1.807) is 4.68 Å². The van der Waals surface area contributed by atoms with Crippen molar-refractivity contribution in [2.45, 2.75) is 19.9 Å². The van der Waals surface area contributed by atoms with Gasteiger partial charge in [0.05, 0.1) is 11.8 Å². The van der Waals surface area contributed by atoms with Gasteiger partial charge in [0.2, 0.25) is 0 Å². The van der Waals surface area contributed by atoms with Gasteiger partial charge in [-0.2, -0.15) is 5.10 Å². The molecule has 0 saturated heterocycles. The van der Waals surface area contributed by atoms with Gasteiger partial charge in [0.15, 0.2) is 0 Å². The molecule has 1 aliphatic rings. The topological polar surface area (TPSA) is 88.0 Å². The van der Waals surface area contributed by atoms with Gasteiger partial charge in [-0.15, -0.1) is 0 Å². The van der Waals surface area contributed by atoms with E-state index in [9.17, 15) is 9.59 Å². The highest BCUT2D eigenvalue weighted by molar-refractivity contribution is 6.09. The number of aromatic nitrogens is 2. The first-order valence-electron chi connectivity index (χ1n) is 11.4. The first-order chi connectivity index (χ1) is 17.0. The minimum Gasteiger partial charge on any atom is -0.343 e. The second kappa shape index (κ2) is 9.30. The summed E-state index contributed by atoms with van der Waals surface area (Å²) < 4.78 is 1.72. The SMILES string of the molecule is CC1=C(C(=O)Nc2ccccc2)[C@@H](c2ccccc2C)n2ncc(C(=O)Nc3ccccc3)c2N1. The standard InChI is InChI=1S/C28H25N5O2/c1-18-11-9-10-16-22(18)25-24(28(35)32-21-14-7-4-8-15-21)19(2)30-26-23(17-29-33(25)26)27(34)31-20-12-5-3-6-13-20/h3-17,25,30H,1-2H3,(H,31,34)(H,32,35)/t25-/m1/s1. The van der Waals surface area contributed by atoms with E-state index < -0.39 is 6.04 Å². The van der Waals surface area contributed by atoms with Gasteiger partial charge in [-0.05, 0) is 49.2 Å². The Labute approximate surface area is 203 Å². The highest BCUT2D eigenvalue weighted by Crippen LogP contribution is 2.39. The number of anilines is 3. The van der Waals surface area contributed by atoms with Gasteiger partial charge in [-0.25, -0.2) is 4.68 Å². The zero-order valence-electron chi connectivity index (χ0n) is 19.4. The highest BCUT2D eigenvalue weighted by Gasteiger charge is 2.35. The maximum Gasteiger partial charge on any atom is 0.261 e. The Morgan fingerprint density at radius 1 is 0.800 bits per heavy atom. The molecule has 1 atom stereocenters. The molecule has 1 aromatic heterocycles. The molecule has 174 valence electrons. The first-order valence-corrected chi connectivity index (χ1v) is 11.4. The summed E-state index contributed by atoms with van der Waals surface area (Å²) in [7, 11) is 0. The molecule has 0 spiro atoms. The Kier molecular flexibility index (Phi) is 5.89. The summed E-state index contributed by atoms with van der Waals surface area (Å²) in [6.45, 7) is 3.85. The van der Waals surface area contributed by atoms with Crippen LogP contribution in [0.25, 0.3) is 0 Å². The molecule has 4 aromatic rings. The number of amides is 2. The average Bonchev–Trinajstić information content (AvgIpc) is 3.28. The molecule has 3 aromatic carbocycles. The van der Waals surface area contributed by atoms with E-state index in [1.165, 1.54) is 6.20 Å². The Morgan fingerprint density at radius 3 is 2.00 bits per heavy atom. The van der Waals surface area contributed by atoms with Gasteiger partial charge < -0.3 is 16.0 Å². The molecule has 3 N–H and O–H groups in total. The van der Waals surface area contributed by atoms with Crippen LogP contribution in [0.4, 0.5) is 17.2 Å². The number of hydrogen-bond acceptors (Lipinski definition) is 4. The second-order valence-corrected chi connectivity index (χ2v) is 8.41. The van der Waals surface area contributed by atoms with Gasteiger partial charge in [-0.1, -0.05) is 60.7 Å². The Bertz CT molecular complexity index is 1420. The number of nitrogens with one attached hydrogen (secondary N) is 3. The minimum atomic E-state index is -0.505. The summed E-state index contributed by atoms with van der Waals surface area (Å²) in [6, 6.07) is 26.0. The van der Waals surface area contributed by atoms with Crippen molar-refractivity contribution >= 4 is 29.0 Å². The van der Waals surface area contributed by atoms with Gasteiger partial charge >= 0.3 is 0 Å². The van der Waals surface area contributed by atoms with Crippen molar-refractivity contribution in [3.63, 3.8) is 0 Å². The number of benzene rings is 3. The molecule has 7 heteroatoms. The number of rotatable bonds is 5. The maximum atomic E-state index is 13.5. The fourth-order valence-corrected chi connectivity index (χ4v) is 4.34. The molecule has 2 amide bonds. The summed E-state index contributed by atoms with van der Waals surface area (Å²) in [5.41, 5.74) is 4.95. The van der Waals surface area contributed by atoms with E-state index in [2.05, 4.69) is 21.0 Å². The van der Waals surface area contributed by atoms with E-state index in [1.807, 2.05) is 98.8 Å². The van der Waals surface area contributed by atoms with E-state index in [-0.39, 0.29) is 11.8 Å². The van der Waals surface area contributed by atoms with E-state index in [0.29, 0.717) is 34.0 Å². The van der Waals surface area contributed by atoms with Gasteiger partial charge in [-0.3, -0.25) is 9.59 Å². The Morgan fingerprint density at radius 2 is 1.37 bits per heavy atom. The number of allylic oxidation sites excluding steroid dienone is 1. The molecule has 1 aliphatic heterocycles. The zero-order valence-corrected chi connectivity index (χ0v) is 19.4. The van der Waals surface area contributed by atoms with Crippen LogP contribution < -0.4 is 16.0 Å². The van der Waals surface area contributed by atoms with Gasteiger partial charge in [0, 0.05) is 17.1 Å². The van der Waals surface area contributed by atoms with Crippen molar-refractivity contribution in [3.05, 3.63) is 119 Å². The van der Waals surface area contributed by atoms with E-state index in [0.717, 1.165) is 11.1 Å². The third-order valence-electron chi connectivity index (χ3n) is 6.06. The fraction of sp³-hybridized carbons (Fsp3) is 0.107. The molecule has 0 radical (unpaired) electrons. The largest absolute Gasteiger partial charge is 0.343 e. The molecule has 0 aliphatic carbocycles. The second-order valence-electron chi connectivity index (χ2n) is 8.41. The van der Waals surface area contributed by atoms with Crippen LogP contribution in [0.1, 0.15) is 34.5 Å². The predicted molar refractivity (Wildman–Crippen MR) is 137 cm³/mol. The van der Waals surface area contributed by atoms with Crippen molar-refractivity contribution in [1.82, 2.24) is 9.78 Å². The van der Waals surface area contributed by atoms with Crippen molar-refractivity contribution in [1.29, 1.82) is 0 Å². The van der Waals surface area contributed by atoms with Gasteiger partial charge in [0.25, 0.3) is 11.8 Å². The molecule has 0 fully saturated rings. The number of aryl methyl sites for hydroxylation is 1. The van der Waals surface area contributed by atoms with Crippen LogP contribution in [0.5, 0.6) is 0 Å². The predicted octanol–water partition coefficient (Wildman–Crippen LogP) is 5.37. The quantitative estimate of drug-likeness (QED) is 0.371. The first kappa shape index (κ1) is 22.2. The van der Waals surface area contributed by atoms with Crippen LogP contribution >= 0.6 is 0 Å². The molecule has 0 bridgehead atoms. The molecule has 0 unspecified atom stereocenters. The van der Waals surface area contributed by atoms with E-state index >= 15 is 0 Å². The summed E-state index contributed by atoms with van der Waals surface area (Å²) in [5, 5.41) is 13.8. The summed E-state index contributed by atoms with van der Waals surface area (Å²) in [6.07, 6.45) is 1.54. The molecular formula is C28H25N5O2. The van der Waals surface area contributed by atoms with Crippen molar-refractivity contribution in [2.75, 3.05) is 16.0 Å². The van der Waals surface area contributed by atoms with Crippen LogP contribution in [0, 0.1) is 6.92 Å². The molecule has 0 saturated carbocycles. The number of carbonyl (C=O) groups excluding carboxylic acids is 2. The molecule has 35 heavy (non-hydrogen) atoms. The lowest BCUT2D eigenvalue weighted by molar-refractivity contribution is -0.113. The fourth-order valence-electron chi connectivity index (χ4n) is 4.34. The highest BCUT2D eigenvalue weighted by atomic mass is 16.2. The molecule has 2 heterocycles. The zero-order chi connectivity index (χ0) is 24.4. The van der Waals surface area contributed by atoms with Crippen molar-refractivity contribution in [3.8, 4) is 0 Å². The average molecular weight is 464 g/mol. The number of carbonyl (C=O) groups is 2. The number of fused-ring (bicyclic) bond motifs is 1. The number of nitrogens with zero attached hydrogens (tertiary/aromatic N) is 2. The maximum absolute atomic E-state index is 13.5. The lowest BCUT2D eigenvalue weighted by atomic mass is 9.91. The summed E-state index contributed by atoms with van der Waals surface area (Å²) >= 11 is 0. The molecule has 7 nitrogen and oxygen atoms in total. The summed E-state index contributed by atoms with van der Waals surface area (Å²) in [5.74, 6) is 0.0322. The summed E-state index contributed by atoms with van der Waals surface area (Å²) in [4.78, 5) is 26.7. The normalized spacial score (nSPS) is 14.6. The van der Waals surface area contributed by atoms with Crippen LogP contribution in [-0.2, 0) is 4.79 Å². The lowest BCUT2D eigenvalue weighted by Crippen LogP contribution is -2.32.